The van der Waals surface area contributed by atoms with E-state index in [1.165, 1.54) is 4.90 Å². The third kappa shape index (κ3) is 10.5. The molecule has 1 amide bonds. The SMILES string of the molecule is CCOC(=O)CC1CCC(NC(CN(C(=O)OC(C)(C)C)c2ccccn2)C(=O)OC(C)(C)C)CC1. The summed E-state index contributed by atoms with van der Waals surface area (Å²) >= 11 is 0. The molecule has 0 bridgehead atoms. The molecule has 1 aliphatic rings. The normalized spacial score (nSPS) is 19.2. The van der Waals surface area contributed by atoms with Crippen LogP contribution in [0.3, 0.4) is 0 Å². The first-order chi connectivity index (χ1) is 16.8. The maximum absolute atomic E-state index is 13.2. The second kappa shape index (κ2) is 13.0. The van der Waals surface area contributed by atoms with Crippen molar-refractivity contribution in [1.29, 1.82) is 0 Å². The number of nitrogens with zero attached hydrogens (tertiary/aromatic N) is 2. The van der Waals surface area contributed by atoms with Gasteiger partial charge in [0.25, 0.3) is 0 Å². The van der Waals surface area contributed by atoms with Crippen molar-refractivity contribution in [2.45, 2.75) is 104 Å². The van der Waals surface area contributed by atoms with Crippen LogP contribution in [0.5, 0.6) is 0 Å². The molecule has 9 heteroatoms. The predicted molar refractivity (Wildman–Crippen MR) is 138 cm³/mol. The van der Waals surface area contributed by atoms with Crippen LogP contribution in [-0.4, -0.2) is 59.5 Å². The standard InChI is InChI=1S/C27H43N3O6/c1-8-34-23(31)17-19-12-14-20(15-13-19)29-21(24(32)35-26(2,3)4)18-30(22-11-9-10-16-28-22)25(33)36-27(5,6)7/h9-11,16,19-21,29H,8,12-15,17-18H2,1-7H3. The van der Waals surface area contributed by atoms with Gasteiger partial charge in [-0.2, -0.15) is 0 Å². The summed E-state index contributed by atoms with van der Waals surface area (Å²) in [6, 6.07) is 4.50. The number of aromatic nitrogens is 1. The Balaban J connectivity index is 2.18. The number of nitrogens with one attached hydrogen (secondary N) is 1. The van der Waals surface area contributed by atoms with Gasteiger partial charge in [0.15, 0.2) is 0 Å². The Morgan fingerprint density at radius 1 is 1.03 bits per heavy atom. The molecule has 0 aromatic carbocycles. The van der Waals surface area contributed by atoms with E-state index in [-0.39, 0.29) is 24.5 Å². The Labute approximate surface area is 215 Å². The van der Waals surface area contributed by atoms with Crippen molar-refractivity contribution in [1.82, 2.24) is 10.3 Å². The number of hydrogen-bond donors (Lipinski definition) is 1. The first kappa shape index (κ1) is 29.5. The summed E-state index contributed by atoms with van der Waals surface area (Å²) in [6.07, 6.45) is 4.74. The summed E-state index contributed by atoms with van der Waals surface area (Å²) in [5.41, 5.74) is -1.40. The number of hydrogen-bond acceptors (Lipinski definition) is 8. The minimum Gasteiger partial charge on any atom is -0.466 e. The fraction of sp³-hybridized carbons (Fsp3) is 0.704. The second-order valence-electron chi connectivity index (χ2n) is 11.3. The number of esters is 2. The molecule has 0 saturated heterocycles. The molecule has 1 saturated carbocycles. The van der Waals surface area contributed by atoms with Crippen molar-refractivity contribution in [3.8, 4) is 0 Å². The van der Waals surface area contributed by atoms with E-state index in [9.17, 15) is 14.4 Å². The fourth-order valence-electron chi connectivity index (χ4n) is 4.12. The number of ether oxygens (including phenoxy) is 3. The molecule has 1 aliphatic carbocycles. The smallest absolute Gasteiger partial charge is 0.416 e. The fourth-order valence-corrected chi connectivity index (χ4v) is 4.12. The number of anilines is 1. The van der Waals surface area contributed by atoms with Gasteiger partial charge in [0.2, 0.25) is 0 Å². The van der Waals surface area contributed by atoms with E-state index in [1.54, 1.807) is 52.1 Å². The number of rotatable bonds is 9. The maximum Gasteiger partial charge on any atom is 0.416 e. The molecule has 1 aromatic heterocycles. The Morgan fingerprint density at radius 3 is 2.19 bits per heavy atom. The lowest BCUT2D eigenvalue weighted by Crippen LogP contribution is -2.54. The molecule has 2 rings (SSSR count). The van der Waals surface area contributed by atoms with E-state index in [1.807, 2.05) is 20.8 Å². The summed E-state index contributed by atoms with van der Waals surface area (Å²) in [4.78, 5) is 43.9. The number of carbonyl (C=O) groups excluding carboxylic acids is 3. The second-order valence-corrected chi connectivity index (χ2v) is 11.3. The molecule has 1 atom stereocenters. The summed E-state index contributed by atoms with van der Waals surface area (Å²) in [5, 5.41) is 3.43. The van der Waals surface area contributed by atoms with Crippen LogP contribution >= 0.6 is 0 Å². The number of carbonyl (C=O) groups is 3. The molecule has 202 valence electrons. The van der Waals surface area contributed by atoms with Crippen molar-refractivity contribution in [3.63, 3.8) is 0 Å². The molecule has 1 fully saturated rings. The molecule has 1 heterocycles. The Morgan fingerprint density at radius 2 is 1.67 bits per heavy atom. The lowest BCUT2D eigenvalue weighted by Gasteiger charge is -2.34. The average Bonchev–Trinajstić information content (AvgIpc) is 2.76. The highest BCUT2D eigenvalue weighted by molar-refractivity contribution is 5.88. The van der Waals surface area contributed by atoms with Crippen molar-refractivity contribution in [2.75, 3.05) is 18.1 Å². The van der Waals surface area contributed by atoms with Gasteiger partial charge < -0.3 is 19.5 Å². The minimum absolute atomic E-state index is 0.00357. The van der Waals surface area contributed by atoms with Crippen LogP contribution in [0, 0.1) is 5.92 Å². The topological polar surface area (TPSA) is 107 Å². The van der Waals surface area contributed by atoms with Crippen molar-refractivity contribution >= 4 is 23.8 Å². The summed E-state index contributed by atoms with van der Waals surface area (Å²) in [7, 11) is 0. The van der Waals surface area contributed by atoms with Crippen LogP contribution in [-0.2, 0) is 23.8 Å². The zero-order valence-electron chi connectivity index (χ0n) is 22.8. The highest BCUT2D eigenvalue weighted by atomic mass is 16.6. The third-order valence-corrected chi connectivity index (χ3v) is 5.64. The van der Waals surface area contributed by atoms with Gasteiger partial charge in [0, 0.05) is 18.7 Å². The highest BCUT2D eigenvalue weighted by Gasteiger charge is 2.34. The Kier molecular flexibility index (Phi) is 10.7. The van der Waals surface area contributed by atoms with E-state index in [4.69, 9.17) is 14.2 Å². The van der Waals surface area contributed by atoms with E-state index >= 15 is 0 Å². The molecule has 0 aliphatic heterocycles. The lowest BCUT2D eigenvalue weighted by atomic mass is 9.84. The van der Waals surface area contributed by atoms with E-state index in [2.05, 4.69) is 10.3 Å². The molecule has 1 aromatic rings. The Hall–Kier alpha value is -2.68. The molecule has 0 radical (unpaired) electrons. The highest BCUT2D eigenvalue weighted by Crippen LogP contribution is 2.28. The van der Waals surface area contributed by atoms with Crippen LogP contribution in [0.25, 0.3) is 0 Å². The minimum atomic E-state index is -0.787. The van der Waals surface area contributed by atoms with Crippen molar-refractivity contribution in [2.24, 2.45) is 5.92 Å². The first-order valence-corrected chi connectivity index (χ1v) is 12.8. The van der Waals surface area contributed by atoms with E-state index in [0.29, 0.717) is 18.8 Å². The summed E-state index contributed by atoms with van der Waals surface area (Å²) < 4.78 is 16.4. The molecular weight excluding hydrogens is 462 g/mol. The Bertz CT molecular complexity index is 855. The molecule has 1 N–H and O–H groups in total. The van der Waals surface area contributed by atoms with Gasteiger partial charge in [-0.05, 0) is 92.2 Å². The molecular formula is C27H43N3O6. The van der Waals surface area contributed by atoms with Crippen molar-refractivity contribution < 1.29 is 28.6 Å². The van der Waals surface area contributed by atoms with Gasteiger partial charge in [-0.15, -0.1) is 0 Å². The third-order valence-electron chi connectivity index (χ3n) is 5.64. The van der Waals surface area contributed by atoms with Gasteiger partial charge in [0.1, 0.15) is 23.1 Å². The lowest BCUT2D eigenvalue weighted by molar-refractivity contribution is -0.157. The predicted octanol–water partition coefficient (Wildman–Crippen LogP) is 4.64. The zero-order chi connectivity index (χ0) is 26.9. The summed E-state index contributed by atoms with van der Waals surface area (Å²) in [6.45, 7) is 13.0. The van der Waals surface area contributed by atoms with Gasteiger partial charge in [-0.25, -0.2) is 9.78 Å². The van der Waals surface area contributed by atoms with Crippen LogP contribution in [0.2, 0.25) is 0 Å². The van der Waals surface area contributed by atoms with Gasteiger partial charge in [0.05, 0.1) is 13.2 Å². The van der Waals surface area contributed by atoms with Crippen LogP contribution in [0.1, 0.15) is 80.6 Å². The number of amides is 1. The monoisotopic (exact) mass is 505 g/mol. The molecule has 36 heavy (non-hydrogen) atoms. The number of pyridine rings is 1. The maximum atomic E-state index is 13.2. The molecule has 1 unspecified atom stereocenters. The summed E-state index contributed by atoms with van der Waals surface area (Å²) in [5.74, 6) is 0.0543. The van der Waals surface area contributed by atoms with Gasteiger partial charge in [-0.1, -0.05) is 6.07 Å². The van der Waals surface area contributed by atoms with Crippen LogP contribution in [0.15, 0.2) is 24.4 Å². The van der Waals surface area contributed by atoms with Gasteiger partial charge in [-0.3, -0.25) is 14.5 Å². The van der Waals surface area contributed by atoms with E-state index in [0.717, 1.165) is 25.7 Å². The molecule has 0 spiro atoms. The largest absolute Gasteiger partial charge is 0.466 e. The zero-order valence-corrected chi connectivity index (χ0v) is 22.8. The average molecular weight is 506 g/mol. The van der Waals surface area contributed by atoms with E-state index < -0.39 is 29.3 Å². The quantitative estimate of drug-likeness (QED) is 0.382. The van der Waals surface area contributed by atoms with Crippen LogP contribution in [0.4, 0.5) is 10.6 Å². The molecule has 9 nitrogen and oxygen atoms in total. The van der Waals surface area contributed by atoms with Crippen molar-refractivity contribution in [3.05, 3.63) is 24.4 Å². The van der Waals surface area contributed by atoms with Gasteiger partial charge >= 0.3 is 18.0 Å². The first-order valence-electron chi connectivity index (χ1n) is 12.8. The van der Waals surface area contributed by atoms with Crippen LogP contribution < -0.4 is 10.2 Å².